The molecule has 5 heteroatoms. The molecule has 0 aliphatic heterocycles. The quantitative estimate of drug-likeness (QED) is 0.631. The Kier molecular flexibility index (Phi) is 5.51. The second-order valence-corrected chi connectivity index (χ2v) is 4.93. The zero-order valence-corrected chi connectivity index (χ0v) is 11.4. The number of rotatable bonds is 5. The van der Waals surface area contributed by atoms with Crippen molar-refractivity contribution in [1.29, 1.82) is 0 Å². The first-order valence-corrected chi connectivity index (χ1v) is 6.42. The van der Waals surface area contributed by atoms with Crippen LogP contribution in [0.4, 0.5) is 0 Å². The van der Waals surface area contributed by atoms with E-state index in [0.29, 0.717) is 11.4 Å². The minimum Gasteiger partial charge on any atom is -0.479 e. The summed E-state index contributed by atoms with van der Waals surface area (Å²) in [4.78, 5) is 10.7. The van der Waals surface area contributed by atoms with E-state index in [2.05, 4.69) is 0 Å². The van der Waals surface area contributed by atoms with E-state index in [4.69, 9.17) is 16.7 Å². The van der Waals surface area contributed by atoms with Crippen LogP contribution in [0.5, 0.6) is 0 Å². The predicted molar refractivity (Wildman–Crippen MR) is 70.8 cm³/mol. The molecule has 1 aromatic rings. The van der Waals surface area contributed by atoms with Gasteiger partial charge >= 0.3 is 5.97 Å². The van der Waals surface area contributed by atoms with E-state index in [1.165, 1.54) is 0 Å². The fourth-order valence-electron chi connectivity index (χ4n) is 1.36. The molecule has 1 aromatic carbocycles. The second-order valence-electron chi connectivity index (χ2n) is 3.39. The summed E-state index contributed by atoms with van der Waals surface area (Å²) in [5.41, 5.74) is 1.44. The predicted octanol–water partition coefficient (Wildman–Crippen LogP) is 2.58. The van der Waals surface area contributed by atoms with Crippen molar-refractivity contribution in [2.45, 2.75) is 18.9 Å². The highest BCUT2D eigenvalue weighted by atomic mass is 127. The molecule has 0 radical (unpaired) electrons. The van der Waals surface area contributed by atoms with Crippen LogP contribution in [0.2, 0.25) is 0 Å². The maximum absolute atomic E-state index is 10.7. The molecular formula is C11H12ClIO3. The number of carboxylic acids is 1. The maximum Gasteiger partial charge on any atom is 0.337 e. The van der Waals surface area contributed by atoms with Gasteiger partial charge in [-0.2, -0.15) is 0 Å². The number of aryl methyl sites for hydroxylation is 1. The van der Waals surface area contributed by atoms with E-state index in [9.17, 15) is 9.90 Å². The lowest BCUT2D eigenvalue weighted by molar-refractivity contribution is -0.147. The van der Waals surface area contributed by atoms with Gasteiger partial charge in [-0.15, -0.1) is 11.6 Å². The Morgan fingerprint density at radius 2 is 2.19 bits per heavy atom. The Bertz CT molecular complexity index is 381. The number of benzene rings is 1. The summed E-state index contributed by atoms with van der Waals surface area (Å²) in [5.74, 6) is -0.657. The van der Waals surface area contributed by atoms with Crippen LogP contribution < -0.4 is 0 Å². The molecule has 0 fully saturated rings. The summed E-state index contributed by atoms with van der Waals surface area (Å²) in [5, 5.41) is 18.3. The normalized spacial score (nSPS) is 12.4. The highest BCUT2D eigenvalue weighted by Crippen LogP contribution is 2.22. The Labute approximate surface area is 113 Å². The molecule has 0 bridgehead atoms. The van der Waals surface area contributed by atoms with Gasteiger partial charge < -0.3 is 10.2 Å². The Morgan fingerprint density at radius 3 is 2.75 bits per heavy atom. The standard InChI is InChI=1S/C11H12ClIO3/c12-5-1-2-7-3-4-9(13)8(6-7)10(14)11(15)16/h3-4,6,10,14H,1-2,5H2,(H,15,16). The van der Waals surface area contributed by atoms with Crippen LogP contribution in [-0.2, 0) is 11.2 Å². The van der Waals surface area contributed by atoms with Crippen molar-refractivity contribution >= 4 is 40.2 Å². The number of aliphatic hydroxyl groups excluding tert-OH is 1. The summed E-state index contributed by atoms with van der Waals surface area (Å²) in [6.07, 6.45) is 0.174. The van der Waals surface area contributed by atoms with Gasteiger partial charge in [-0.3, -0.25) is 0 Å². The molecule has 3 nitrogen and oxygen atoms in total. The molecular weight excluding hydrogens is 342 g/mol. The lowest BCUT2D eigenvalue weighted by atomic mass is 10.0. The molecule has 0 amide bonds. The molecule has 1 rings (SSSR count). The molecule has 0 aliphatic carbocycles. The van der Waals surface area contributed by atoms with Gasteiger partial charge in [-0.05, 0) is 47.1 Å². The number of aliphatic hydroxyl groups is 1. The molecule has 0 saturated heterocycles. The van der Waals surface area contributed by atoms with Crippen molar-refractivity contribution in [2.75, 3.05) is 5.88 Å². The summed E-state index contributed by atoms with van der Waals surface area (Å²) in [6.45, 7) is 0. The van der Waals surface area contributed by atoms with Crippen LogP contribution in [-0.4, -0.2) is 22.1 Å². The fraction of sp³-hybridized carbons (Fsp3) is 0.364. The largest absolute Gasteiger partial charge is 0.479 e. The van der Waals surface area contributed by atoms with E-state index in [0.717, 1.165) is 22.0 Å². The van der Waals surface area contributed by atoms with Gasteiger partial charge in [0, 0.05) is 15.0 Å². The van der Waals surface area contributed by atoms with Crippen molar-refractivity contribution < 1.29 is 15.0 Å². The molecule has 1 unspecified atom stereocenters. The lowest BCUT2D eigenvalue weighted by Gasteiger charge is -2.10. The first-order valence-electron chi connectivity index (χ1n) is 4.81. The SMILES string of the molecule is O=C(O)C(O)c1cc(CCCCl)ccc1I. The van der Waals surface area contributed by atoms with Crippen LogP contribution in [0, 0.1) is 3.57 Å². The van der Waals surface area contributed by atoms with E-state index < -0.39 is 12.1 Å². The molecule has 16 heavy (non-hydrogen) atoms. The first-order chi connectivity index (χ1) is 7.56. The third-order valence-electron chi connectivity index (χ3n) is 2.19. The average molecular weight is 355 g/mol. The van der Waals surface area contributed by atoms with Gasteiger partial charge in [-0.1, -0.05) is 12.1 Å². The Balaban J connectivity index is 2.94. The average Bonchev–Trinajstić information content (AvgIpc) is 2.27. The smallest absolute Gasteiger partial charge is 0.337 e. The Morgan fingerprint density at radius 1 is 1.50 bits per heavy atom. The Hall–Kier alpha value is -0.330. The van der Waals surface area contributed by atoms with Crippen LogP contribution in [0.15, 0.2) is 18.2 Å². The molecule has 0 saturated carbocycles. The van der Waals surface area contributed by atoms with Crippen molar-refractivity contribution in [3.05, 3.63) is 32.9 Å². The first kappa shape index (κ1) is 13.7. The van der Waals surface area contributed by atoms with Crippen molar-refractivity contribution in [3.63, 3.8) is 0 Å². The third-order valence-corrected chi connectivity index (χ3v) is 3.44. The number of halogens is 2. The molecule has 0 aliphatic rings. The number of hydrogen-bond acceptors (Lipinski definition) is 2. The van der Waals surface area contributed by atoms with Gasteiger partial charge in [0.1, 0.15) is 0 Å². The van der Waals surface area contributed by atoms with Crippen LogP contribution in [0.3, 0.4) is 0 Å². The highest BCUT2D eigenvalue weighted by Gasteiger charge is 2.18. The summed E-state index contributed by atoms with van der Waals surface area (Å²) < 4.78 is 0.752. The molecule has 88 valence electrons. The van der Waals surface area contributed by atoms with E-state index in [-0.39, 0.29) is 0 Å². The monoisotopic (exact) mass is 354 g/mol. The second kappa shape index (κ2) is 6.42. The molecule has 0 heterocycles. The molecule has 0 spiro atoms. The van der Waals surface area contributed by atoms with Crippen LogP contribution in [0.1, 0.15) is 23.7 Å². The number of carbonyl (C=O) groups is 1. The summed E-state index contributed by atoms with van der Waals surface area (Å²) >= 11 is 7.60. The number of carboxylic acid groups (broad SMARTS) is 1. The van der Waals surface area contributed by atoms with Gasteiger partial charge in [0.25, 0.3) is 0 Å². The number of aliphatic carboxylic acids is 1. The maximum atomic E-state index is 10.7. The fourth-order valence-corrected chi connectivity index (χ4v) is 2.13. The van der Waals surface area contributed by atoms with Gasteiger partial charge in [-0.25, -0.2) is 4.79 Å². The number of alkyl halides is 1. The molecule has 2 N–H and O–H groups in total. The van der Waals surface area contributed by atoms with E-state index >= 15 is 0 Å². The summed E-state index contributed by atoms with van der Waals surface area (Å²) in [6, 6.07) is 5.46. The van der Waals surface area contributed by atoms with Gasteiger partial charge in [0.05, 0.1) is 0 Å². The highest BCUT2D eigenvalue weighted by molar-refractivity contribution is 14.1. The van der Waals surface area contributed by atoms with Crippen LogP contribution in [0.25, 0.3) is 0 Å². The van der Waals surface area contributed by atoms with Crippen LogP contribution >= 0.6 is 34.2 Å². The van der Waals surface area contributed by atoms with Gasteiger partial charge in [0.15, 0.2) is 6.10 Å². The van der Waals surface area contributed by atoms with Gasteiger partial charge in [0.2, 0.25) is 0 Å². The number of hydrogen-bond donors (Lipinski definition) is 2. The zero-order chi connectivity index (χ0) is 12.1. The zero-order valence-electron chi connectivity index (χ0n) is 8.49. The molecule has 1 atom stereocenters. The third kappa shape index (κ3) is 3.61. The summed E-state index contributed by atoms with van der Waals surface area (Å²) in [7, 11) is 0. The lowest BCUT2D eigenvalue weighted by Crippen LogP contribution is -2.12. The van der Waals surface area contributed by atoms with E-state index in [1.54, 1.807) is 6.07 Å². The van der Waals surface area contributed by atoms with Crippen molar-refractivity contribution in [3.8, 4) is 0 Å². The molecule has 0 aromatic heterocycles. The van der Waals surface area contributed by atoms with Crippen molar-refractivity contribution in [2.24, 2.45) is 0 Å². The van der Waals surface area contributed by atoms with Crippen molar-refractivity contribution in [1.82, 2.24) is 0 Å². The topological polar surface area (TPSA) is 57.5 Å². The minimum absolute atomic E-state index is 0.445. The minimum atomic E-state index is -1.46. The van der Waals surface area contributed by atoms with E-state index in [1.807, 2.05) is 34.7 Å².